The van der Waals surface area contributed by atoms with Crippen molar-refractivity contribution in [2.45, 2.75) is 49.9 Å². The van der Waals surface area contributed by atoms with E-state index < -0.39 is 0 Å². The van der Waals surface area contributed by atoms with Gasteiger partial charge in [0.05, 0.1) is 11.8 Å². The first-order valence-electron chi connectivity index (χ1n) is 6.73. The molecule has 0 aromatic heterocycles. The highest BCUT2D eigenvalue weighted by Gasteiger charge is 2.23. The SMILES string of the molecule is O=C(Cc1ccccc1)NC1CCCCCC1Cl. The first-order chi connectivity index (χ1) is 8.75. The molecule has 2 rings (SSSR count). The summed E-state index contributed by atoms with van der Waals surface area (Å²) in [4.78, 5) is 12.0. The van der Waals surface area contributed by atoms with Crippen LogP contribution in [0, 0.1) is 0 Å². The van der Waals surface area contributed by atoms with E-state index in [-0.39, 0.29) is 17.3 Å². The monoisotopic (exact) mass is 265 g/mol. The maximum Gasteiger partial charge on any atom is 0.224 e. The molecule has 0 aliphatic heterocycles. The third kappa shape index (κ3) is 4.02. The Labute approximate surface area is 114 Å². The Balaban J connectivity index is 1.86. The zero-order chi connectivity index (χ0) is 12.8. The Hall–Kier alpha value is -1.02. The number of rotatable bonds is 3. The number of hydrogen-bond acceptors (Lipinski definition) is 1. The van der Waals surface area contributed by atoms with Gasteiger partial charge in [0.25, 0.3) is 0 Å². The van der Waals surface area contributed by atoms with E-state index in [9.17, 15) is 4.79 Å². The molecule has 1 aliphatic carbocycles. The predicted molar refractivity (Wildman–Crippen MR) is 74.8 cm³/mol. The number of benzene rings is 1. The van der Waals surface area contributed by atoms with Gasteiger partial charge in [0, 0.05) is 6.04 Å². The van der Waals surface area contributed by atoms with Gasteiger partial charge in [-0.2, -0.15) is 0 Å². The molecule has 1 saturated carbocycles. The molecule has 0 heterocycles. The molecule has 18 heavy (non-hydrogen) atoms. The van der Waals surface area contributed by atoms with Crippen LogP contribution in [0.4, 0.5) is 0 Å². The fourth-order valence-corrected chi connectivity index (χ4v) is 2.81. The summed E-state index contributed by atoms with van der Waals surface area (Å²) >= 11 is 6.32. The molecule has 1 aromatic rings. The van der Waals surface area contributed by atoms with Crippen molar-refractivity contribution in [3.8, 4) is 0 Å². The van der Waals surface area contributed by atoms with Gasteiger partial charge in [-0.15, -0.1) is 11.6 Å². The molecule has 0 saturated heterocycles. The Morgan fingerprint density at radius 2 is 1.89 bits per heavy atom. The van der Waals surface area contributed by atoms with Crippen LogP contribution in [0.5, 0.6) is 0 Å². The van der Waals surface area contributed by atoms with Crippen LogP contribution < -0.4 is 5.32 Å². The van der Waals surface area contributed by atoms with Crippen molar-refractivity contribution in [3.05, 3.63) is 35.9 Å². The van der Waals surface area contributed by atoms with E-state index in [1.807, 2.05) is 30.3 Å². The van der Waals surface area contributed by atoms with Crippen molar-refractivity contribution >= 4 is 17.5 Å². The van der Waals surface area contributed by atoms with Crippen LogP contribution in [0.1, 0.15) is 37.7 Å². The maximum atomic E-state index is 12.0. The van der Waals surface area contributed by atoms with Crippen LogP contribution in [0.25, 0.3) is 0 Å². The van der Waals surface area contributed by atoms with Gasteiger partial charge in [-0.25, -0.2) is 0 Å². The number of nitrogens with one attached hydrogen (secondary N) is 1. The minimum absolute atomic E-state index is 0.0822. The molecule has 1 amide bonds. The minimum Gasteiger partial charge on any atom is -0.352 e. The number of hydrogen-bond donors (Lipinski definition) is 1. The molecule has 98 valence electrons. The number of carbonyl (C=O) groups is 1. The maximum absolute atomic E-state index is 12.0. The van der Waals surface area contributed by atoms with Gasteiger partial charge in [-0.05, 0) is 18.4 Å². The van der Waals surface area contributed by atoms with Gasteiger partial charge in [0.15, 0.2) is 0 Å². The van der Waals surface area contributed by atoms with E-state index in [0.717, 1.165) is 18.4 Å². The number of carbonyl (C=O) groups excluding carboxylic acids is 1. The van der Waals surface area contributed by atoms with E-state index in [2.05, 4.69) is 5.32 Å². The third-order valence-corrected chi connectivity index (χ3v) is 4.01. The largest absolute Gasteiger partial charge is 0.352 e. The van der Waals surface area contributed by atoms with Crippen LogP contribution in [0.3, 0.4) is 0 Å². The molecule has 0 radical (unpaired) electrons. The lowest BCUT2D eigenvalue weighted by molar-refractivity contribution is -0.121. The Bertz CT molecular complexity index is 379. The molecule has 2 unspecified atom stereocenters. The van der Waals surface area contributed by atoms with Crippen LogP contribution in [-0.4, -0.2) is 17.3 Å². The summed E-state index contributed by atoms with van der Waals surface area (Å²) in [7, 11) is 0. The van der Waals surface area contributed by atoms with Crippen LogP contribution in [-0.2, 0) is 11.2 Å². The van der Waals surface area contributed by atoms with Crippen molar-refractivity contribution in [3.63, 3.8) is 0 Å². The van der Waals surface area contributed by atoms with Crippen molar-refractivity contribution in [2.75, 3.05) is 0 Å². The quantitative estimate of drug-likeness (QED) is 0.660. The average Bonchev–Trinajstić information content (AvgIpc) is 2.56. The third-order valence-electron chi connectivity index (χ3n) is 3.49. The minimum atomic E-state index is 0.0822. The second kappa shape index (κ2) is 6.79. The molecule has 3 heteroatoms. The fraction of sp³-hybridized carbons (Fsp3) is 0.533. The van der Waals surface area contributed by atoms with E-state index in [1.54, 1.807) is 0 Å². The lowest BCUT2D eigenvalue weighted by atomic mass is 10.1. The summed E-state index contributed by atoms with van der Waals surface area (Å²) in [6.07, 6.45) is 6.04. The topological polar surface area (TPSA) is 29.1 Å². The molecule has 1 N–H and O–H groups in total. The summed E-state index contributed by atoms with van der Waals surface area (Å²) in [5.74, 6) is 0.0822. The molecular formula is C15H20ClNO. The highest BCUT2D eigenvalue weighted by atomic mass is 35.5. The summed E-state index contributed by atoms with van der Waals surface area (Å²) < 4.78 is 0. The normalized spacial score (nSPS) is 24.3. The van der Waals surface area contributed by atoms with Crippen LogP contribution >= 0.6 is 11.6 Å². The summed E-state index contributed by atoms with van der Waals surface area (Å²) in [6.45, 7) is 0. The van der Waals surface area contributed by atoms with Gasteiger partial charge in [0.1, 0.15) is 0 Å². The van der Waals surface area contributed by atoms with Crippen molar-refractivity contribution in [1.82, 2.24) is 5.32 Å². The predicted octanol–water partition coefficient (Wildman–Crippen LogP) is 3.29. The molecule has 2 nitrogen and oxygen atoms in total. The average molecular weight is 266 g/mol. The van der Waals surface area contributed by atoms with E-state index in [4.69, 9.17) is 11.6 Å². The van der Waals surface area contributed by atoms with E-state index in [1.165, 1.54) is 19.3 Å². The molecule has 2 atom stereocenters. The molecule has 1 aliphatic rings. The number of alkyl halides is 1. The highest BCUT2D eigenvalue weighted by molar-refractivity contribution is 6.21. The molecule has 1 fully saturated rings. The molecule has 0 bridgehead atoms. The van der Waals surface area contributed by atoms with Crippen molar-refractivity contribution < 1.29 is 4.79 Å². The van der Waals surface area contributed by atoms with Gasteiger partial charge >= 0.3 is 0 Å². The molecule has 1 aromatic carbocycles. The summed E-state index contributed by atoms with van der Waals surface area (Å²) in [5, 5.41) is 3.18. The van der Waals surface area contributed by atoms with Gasteiger partial charge in [-0.3, -0.25) is 4.79 Å². The smallest absolute Gasteiger partial charge is 0.224 e. The lowest BCUT2D eigenvalue weighted by Gasteiger charge is -2.21. The first-order valence-corrected chi connectivity index (χ1v) is 7.17. The second-order valence-electron chi connectivity index (χ2n) is 4.99. The highest BCUT2D eigenvalue weighted by Crippen LogP contribution is 2.22. The van der Waals surface area contributed by atoms with Crippen LogP contribution in [0.15, 0.2) is 30.3 Å². The zero-order valence-electron chi connectivity index (χ0n) is 10.6. The van der Waals surface area contributed by atoms with Gasteiger partial charge in [0.2, 0.25) is 5.91 Å². The lowest BCUT2D eigenvalue weighted by Crippen LogP contribution is -2.41. The van der Waals surface area contributed by atoms with Gasteiger partial charge < -0.3 is 5.32 Å². The summed E-state index contributed by atoms with van der Waals surface area (Å²) in [5.41, 5.74) is 1.05. The number of amides is 1. The Kier molecular flexibility index (Phi) is 5.06. The van der Waals surface area contributed by atoms with E-state index >= 15 is 0 Å². The van der Waals surface area contributed by atoms with Gasteiger partial charge in [-0.1, -0.05) is 49.6 Å². The fourth-order valence-electron chi connectivity index (χ4n) is 2.46. The Morgan fingerprint density at radius 3 is 2.67 bits per heavy atom. The van der Waals surface area contributed by atoms with Crippen molar-refractivity contribution in [2.24, 2.45) is 0 Å². The standard InChI is InChI=1S/C15H20ClNO/c16-13-9-5-2-6-10-14(13)17-15(18)11-12-7-3-1-4-8-12/h1,3-4,7-8,13-14H,2,5-6,9-11H2,(H,17,18). The van der Waals surface area contributed by atoms with Crippen LogP contribution in [0.2, 0.25) is 0 Å². The second-order valence-corrected chi connectivity index (χ2v) is 5.55. The zero-order valence-corrected chi connectivity index (χ0v) is 11.3. The summed E-state index contributed by atoms with van der Waals surface area (Å²) in [6, 6.07) is 9.97. The van der Waals surface area contributed by atoms with E-state index in [0.29, 0.717) is 6.42 Å². The molecular weight excluding hydrogens is 246 g/mol. The Morgan fingerprint density at radius 1 is 1.17 bits per heavy atom. The molecule has 0 spiro atoms. The number of halogens is 1. The van der Waals surface area contributed by atoms with Crippen molar-refractivity contribution in [1.29, 1.82) is 0 Å². The first kappa shape index (κ1) is 13.4.